The predicted octanol–water partition coefficient (Wildman–Crippen LogP) is 3.83. The van der Waals surface area contributed by atoms with E-state index in [1.54, 1.807) is 13.0 Å². The van der Waals surface area contributed by atoms with Gasteiger partial charge in [-0.1, -0.05) is 35.5 Å². The van der Waals surface area contributed by atoms with Crippen molar-refractivity contribution in [3.05, 3.63) is 63.4 Å². The number of benzene rings is 2. The van der Waals surface area contributed by atoms with E-state index in [-0.39, 0.29) is 22.7 Å². The highest BCUT2D eigenvalue weighted by atomic mass is 32.2. The van der Waals surface area contributed by atoms with Crippen LogP contribution in [0.1, 0.15) is 30.5 Å². The number of carbonyl (C=O) groups is 2. The molecule has 3 N–H and O–H groups in total. The molecule has 0 radical (unpaired) electrons. The van der Waals surface area contributed by atoms with Crippen molar-refractivity contribution in [3.8, 4) is 11.3 Å². The number of nitrogens with one attached hydrogen (secondary N) is 3. The number of aromatic amines is 1. The van der Waals surface area contributed by atoms with Crippen LogP contribution in [0.15, 0.2) is 46.3 Å². The molecule has 0 aliphatic rings. The van der Waals surface area contributed by atoms with Gasteiger partial charge in [-0.3, -0.25) is 19.4 Å². The van der Waals surface area contributed by atoms with Gasteiger partial charge in [0.25, 0.3) is 5.56 Å². The monoisotopic (exact) mass is 451 g/mol. The molecule has 0 fully saturated rings. The van der Waals surface area contributed by atoms with Gasteiger partial charge in [0.1, 0.15) is 0 Å². The number of anilines is 2. The molecule has 9 heteroatoms. The third-order valence-corrected chi connectivity index (χ3v) is 5.63. The molecule has 3 rings (SSSR count). The molecule has 2 amide bonds. The zero-order valence-corrected chi connectivity index (χ0v) is 19.4. The van der Waals surface area contributed by atoms with Gasteiger partial charge in [-0.05, 0) is 57.0 Å². The summed E-state index contributed by atoms with van der Waals surface area (Å²) >= 11 is 1.10. The van der Waals surface area contributed by atoms with Gasteiger partial charge in [0, 0.05) is 18.2 Å². The molecule has 0 unspecified atom stereocenters. The van der Waals surface area contributed by atoms with Crippen LogP contribution in [-0.2, 0) is 9.59 Å². The Morgan fingerprint density at radius 2 is 1.78 bits per heavy atom. The molecule has 8 nitrogen and oxygen atoms in total. The van der Waals surface area contributed by atoms with E-state index in [4.69, 9.17) is 0 Å². The number of hydrogen-bond acceptors (Lipinski definition) is 6. The van der Waals surface area contributed by atoms with Crippen LogP contribution < -0.4 is 16.2 Å². The number of hydrogen-bond donors (Lipinski definition) is 3. The van der Waals surface area contributed by atoms with Crippen LogP contribution in [0, 0.1) is 20.8 Å². The number of thioether (sulfide) groups is 1. The summed E-state index contributed by atoms with van der Waals surface area (Å²) in [6.45, 7) is 8.82. The minimum atomic E-state index is -0.512. The summed E-state index contributed by atoms with van der Waals surface area (Å²) in [6.07, 6.45) is 0. The topological polar surface area (TPSA) is 117 Å². The third-order valence-electron chi connectivity index (χ3n) is 4.66. The maximum Gasteiger partial charge on any atom is 0.278 e. The van der Waals surface area contributed by atoms with Crippen molar-refractivity contribution in [3.63, 3.8) is 0 Å². The first-order chi connectivity index (χ1) is 15.1. The van der Waals surface area contributed by atoms with E-state index in [0.29, 0.717) is 16.9 Å². The normalized spacial score (nSPS) is 11.7. The van der Waals surface area contributed by atoms with E-state index in [1.807, 2.05) is 51.1 Å². The molecule has 166 valence electrons. The lowest BCUT2D eigenvalue weighted by Crippen LogP contribution is -2.24. The van der Waals surface area contributed by atoms with Crippen molar-refractivity contribution in [2.75, 3.05) is 10.6 Å². The Labute approximate surface area is 190 Å². The zero-order chi connectivity index (χ0) is 23.4. The molecular weight excluding hydrogens is 426 g/mol. The quantitative estimate of drug-likeness (QED) is 0.490. The third kappa shape index (κ3) is 5.61. The molecule has 0 aliphatic heterocycles. The summed E-state index contributed by atoms with van der Waals surface area (Å²) in [7, 11) is 0. The van der Waals surface area contributed by atoms with E-state index < -0.39 is 10.8 Å². The molecule has 0 saturated heterocycles. The first-order valence-corrected chi connectivity index (χ1v) is 10.9. The highest BCUT2D eigenvalue weighted by Gasteiger charge is 2.19. The number of amides is 2. The van der Waals surface area contributed by atoms with Crippen molar-refractivity contribution in [1.82, 2.24) is 15.2 Å². The fraction of sp³-hybridized carbons (Fsp3) is 0.261. The van der Waals surface area contributed by atoms with Gasteiger partial charge in [0.2, 0.25) is 11.8 Å². The van der Waals surface area contributed by atoms with Gasteiger partial charge in [-0.25, -0.2) is 0 Å². The van der Waals surface area contributed by atoms with Crippen molar-refractivity contribution in [1.29, 1.82) is 0 Å². The first kappa shape index (κ1) is 23.2. The van der Waals surface area contributed by atoms with Crippen LogP contribution in [0.4, 0.5) is 11.4 Å². The minimum Gasteiger partial charge on any atom is -0.325 e. The number of nitrogens with zero attached hydrogens (tertiary/aromatic N) is 2. The summed E-state index contributed by atoms with van der Waals surface area (Å²) in [6, 6.07) is 11.2. The van der Waals surface area contributed by atoms with Crippen LogP contribution in [0.25, 0.3) is 11.3 Å². The van der Waals surface area contributed by atoms with Gasteiger partial charge >= 0.3 is 0 Å². The van der Waals surface area contributed by atoms with Crippen molar-refractivity contribution in [2.24, 2.45) is 0 Å². The SMILES string of the molecule is CC(=O)Nc1c(C)cc(C)cc1-c1nnc(S[C@H](C)C(=O)Nc2cccc(C)c2)[nH]c1=O. The van der Waals surface area contributed by atoms with E-state index in [9.17, 15) is 14.4 Å². The average molecular weight is 452 g/mol. The van der Waals surface area contributed by atoms with Crippen LogP contribution in [0.5, 0.6) is 0 Å². The summed E-state index contributed by atoms with van der Waals surface area (Å²) < 4.78 is 0. The number of carbonyl (C=O) groups excluding carboxylic acids is 2. The Hall–Kier alpha value is -3.46. The molecule has 3 aromatic rings. The van der Waals surface area contributed by atoms with Crippen molar-refractivity contribution < 1.29 is 9.59 Å². The lowest BCUT2D eigenvalue weighted by Gasteiger charge is -2.14. The van der Waals surface area contributed by atoms with E-state index in [1.165, 1.54) is 6.92 Å². The van der Waals surface area contributed by atoms with E-state index in [2.05, 4.69) is 25.8 Å². The molecule has 2 aromatic carbocycles. The second kappa shape index (κ2) is 9.78. The summed E-state index contributed by atoms with van der Waals surface area (Å²) in [5.41, 5.74) is 4.15. The summed E-state index contributed by atoms with van der Waals surface area (Å²) in [4.78, 5) is 39.6. The lowest BCUT2D eigenvalue weighted by atomic mass is 10.0. The molecule has 0 saturated carbocycles. The van der Waals surface area contributed by atoms with Gasteiger partial charge in [0.15, 0.2) is 10.9 Å². The van der Waals surface area contributed by atoms with Crippen LogP contribution in [0.3, 0.4) is 0 Å². The highest BCUT2D eigenvalue weighted by Crippen LogP contribution is 2.30. The van der Waals surface area contributed by atoms with Crippen molar-refractivity contribution in [2.45, 2.75) is 45.0 Å². The van der Waals surface area contributed by atoms with Crippen molar-refractivity contribution >= 4 is 35.0 Å². The molecule has 1 aromatic heterocycles. The smallest absolute Gasteiger partial charge is 0.278 e. The minimum absolute atomic E-state index is 0.0989. The van der Waals surface area contributed by atoms with E-state index in [0.717, 1.165) is 28.5 Å². The lowest BCUT2D eigenvalue weighted by molar-refractivity contribution is -0.115. The van der Waals surface area contributed by atoms with Gasteiger partial charge in [-0.2, -0.15) is 0 Å². The molecule has 1 atom stereocenters. The summed E-state index contributed by atoms with van der Waals surface area (Å²) in [5.74, 6) is -0.460. The Kier molecular flexibility index (Phi) is 7.09. The van der Waals surface area contributed by atoms with Gasteiger partial charge in [0.05, 0.1) is 10.9 Å². The molecule has 0 bridgehead atoms. The van der Waals surface area contributed by atoms with Gasteiger partial charge in [-0.15, -0.1) is 10.2 Å². The molecular formula is C23H25N5O3S. The first-order valence-electron chi connectivity index (χ1n) is 10.0. The number of aromatic nitrogens is 3. The Bertz CT molecular complexity index is 1240. The molecule has 1 heterocycles. The number of H-pyrrole nitrogens is 1. The maximum absolute atomic E-state index is 12.8. The summed E-state index contributed by atoms with van der Waals surface area (Å²) in [5, 5.41) is 13.6. The fourth-order valence-corrected chi connectivity index (χ4v) is 3.98. The second-order valence-corrected chi connectivity index (χ2v) is 8.94. The van der Waals surface area contributed by atoms with Gasteiger partial charge < -0.3 is 10.6 Å². The number of rotatable bonds is 6. The average Bonchev–Trinajstić information content (AvgIpc) is 2.70. The number of aryl methyl sites for hydroxylation is 3. The van der Waals surface area contributed by atoms with Crippen LogP contribution >= 0.6 is 11.8 Å². The van der Waals surface area contributed by atoms with E-state index >= 15 is 0 Å². The Morgan fingerprint density at radius 1 is 1.03 bits per heavy atom. The highest BCUT2D eigenvalue weighted by molar-refractivity contribution is 8.00. The Balaban J connectivity index is 1.82. The second-order valence-electron chi connectivity index (χ2n) is 7.61. The van der Waals surface area contributed by atoms with Crippen LogP contribution in [0.2, 0.25) is 0 Å². The largest absolute Gasteiger partial charge is 0.325 e. The predicted molar refractivity (Wildman–Crippen MR) is 127 cm³/mol. The molecule has 0 aliphatic carbocycles. The fourth-order valence-electron chi connectivity index (χ4n) is 3.24. The maximum atomic E-state index is 12.8. The Morgan fingerprint density at radius 3 is 2.44 bits per heavy atom. The zero-order valence-electron chi connectivity index (χ0n) is 18.6. The standard InChI is InChI=1S/C23H25N5O3S/c1-12-7-6-8-17(10-12)25-21(30)15(4)32-23-26-22(31)20(27-28-23)18-11-13(2)9-14(3)19(18)24-16(5)29/h6-11,15H,1-5H3,(H,24,29)(H,25,30)(H,26,28,31)/t15-/m1/s1. The molecule has 0 spiro atoms. The molecule has 32 heavy (non-hydrogen) atoms. The van der Waals surface area contributed by atoms with Crippen LogP contribution in [-0.4, -0.2) is 32.2 Å².